The molecule has 2 unspecified atom stereocenters. The van der Waals surface area contributed by atoms with E-state index in [1.54, 1.807) is 0 Å². The van der Waals surface area contributed by atoms with Crippen LogP contribution in [-0.2, 0) is 25.6 Å². The van der Waals surface area contributed by atoms with E-state index in [1.165, 1.54) is 0 Å². The summed E-state index contributed by atoms with van der Waals surface area (Å²) in [6.45, 7) is 2.33. The van der Waals surface area contributed by atoms with Crippen molar-refractivity contribution >= 4 is 13.8 Å². The molecule has 2 radical (unpaired) electrons. The molecule has 2 aliphatic heterocycles. The van der Waals surface area contributed by atoms with Gasteiger partial charge in [-0.25, -0.2) is 4.79 Å². The summed E-state index contributed by atoms with van der Waals surface area (Å²) in [6.07, 6.45) is 1.24. The molecular weight excluding hydrogens is 267 g/mol. The third kappa shape index (κ3) is 1.62. The third-order valence-corrected chi connectivity index (χ3v) is 5.16. The quantitative estimate of drug-likeness (QED) is 0.622. The van der Waals surface area contributed by atoms with Crippen LogP contribution in [0.4, 0.5) is 0 Å². The number of ether oxygens (including phenoxy) is 3. The Morgan fingerprint density at radius 2 is 2.14 bits per heavy atom. The molecule has 4 rings (SSSR count). The summed E-state index contributed by atoms with van der Waals surface area (Å²) in [5.41, 5.74) is -0.129. The first-order valence-electron chi connectivity index (χ1n) is 7.44. The standard InChI is InChI=1S/C16H17BO4/c1-2-15-9-16(12(15)11(20-16)13(17)21-15)14(18)19-8-10-6-4-3-5-7-10/h3-7,11-13H,2,8-9H2,1H3/t11-,12?,13+,15-,16?/m0/s1. The predicted molar refractivity (Wildman–Crippen MR) is 75.6 cm³/mol. The Hall–Kier alpha value is -1.33. The maximum absolute atomic E-state index is 12.4. The van der Waals surface area contributed by atoms with E-state index in [9.17, 15) is 4.79 Å². The topological polar surface area (TPSA) is 44.8 Å². The van der Waals surface area contributed by atoms with Crippen LogP contribution in [0.15, 0.2) is 30.3 Å². The van der Waals surface area contributed by atoms with Crippen LogP contribution in [-0.4, -0.2) is 37.1 Å². The predicted octanol–water partition coefficient (Wildman–Crippen LogP) is 1.56. The van der Waals surface area contributed by atoms with E-state index >= 15 is 0 Å². The van der Waals surface area contributed by atoms with E-state index in [0.717, 1.165) is 12.0 Å². The average Bonchev–Trinajstić information content (AvgIpc) is 2.59. The highest BCUT2D eigenvalue weighted by Crippen LogP contribution is 2.68. The largest absolute Gasteiger partial charge is 0.459 e. The van der Waals surface area contributed by atoms with Crippen LogP contribution in [0.25, 0.3) is 0 Å². The van der Waals surface area contributed by atoms with Gasteiger partial charge in [0.2, 0.25) is 0 Å². The molecule has 1 aliphatic carbocycles. The highest BCUT2D eigenvalue weighted by molar-refractivity contribution is 6.12. The number of carbonyl (C=O) groups excluding carboxylic acids is 1. The zero-order valence-electron chi connectivity index (χ0n) is 12.0. The molecule has 1 aromatic carbocycles. The first-order chi connectivity index (χ1) is 10.1. The fourth-order valence-electron chi connectivity index (χ4n) is 4.11. The lowest BCUT2D eigenvalue weighted by molar-refractivity contribution is -0.329. The van der Waals surface area contributed by atoms with E-state index in [1.807, 2.05) is 30.3 Å². The number of benzene rings is 1. The molecule has 3 fully saturated rings. The lowest BCUT2D eigenvalue weighted by Gasteiger charge is -2.64. The van der Waals surface area contributed by atoms with Gasteiger partial charge >= 0.3 is 5.97 Å². The van der Waals surface area contributed by atoms with Gasteiger partial charge in [-0.15, -0.1) is 0 Å². The SMILES string of the molecule is [B][C@@H]1O[C@@]2(CC)CC3(C(=O)OCc4ccccc4)O[C@H]1C32. The van der Waals surface area contributed by atoms with Gasteiger partial charge in [-0.1, -0.05) is 37.3 Å². The van der Waals surface area contributed by atoms with Gasteiger partial charge in [-0.3, -0.25) is 0 Å². The van der Waals surface area contributed by atoms with Gasteiger partial charge in [-0.2, -0.15) is 0 Å². The molecule has 108 valence electrons. The number of carbonyl (C=O) groups is 1. The van der Waals surface area contributed by atoms with Gasteiger partial charge < -0.3 is 14.2 Å². The van der Waals surface area contributed by atoms with Crippen molar-refractivity contribution in [1.82, 2.24) is 0 Å². The van der Waals surface area contributed by atoms with E-state index < -0.39 is 11.6 Å². The van der Waals surface area contributed by atoms with Crippen LogP contribution in [0.2, 0.25) is 0 Å². The summed E-state index contributed by atoms with van der Waals surface area (Å²) in [4.78, 5) is 12.4. The molecule has 0 N–H and O–H groups in total. The number of hydrogen-bond donors (Lipinski definition) is 0. The van der Waals surface area contributed by atoms with Crippen molar-refractivity contribution in [2.24, 2.45) is 5.92 Å². The molecule has 3 aliphatic rings. The Balaban J connectivity index is 1.45. The Morgan fingerprint density at radius 1 is 1.38 bits per heavy atom. The van der Waals surface area contributed by atoms with Crippen LogP contribution in [0.5, 0.6) is 0 Å². The van der Waals surface area contributed by atoms with Crippen LogP contribution < -0.4 is 0 Å². The number of hydrogen-bond acceptors (Lipinski definition) is 4. The molecule has 5 atom stereocenters. The summed E-state index contributed by atoms with van der Waals surface area (Å²) in [7, 11) is 5.92. The molecule has 0 bridgehead atoms. The summed E-state index contributed by atoms with van der Waals surface area (Å²) in [6, 6.07) is 9.22. The fraction of sp³-hybridized carbons (Fsp3) is 0.562. The first kappa shape index (κ1) is 13.3. The van der Waals surface area contributed by atoms with Crippen LogP contribution >= 0.6 is 0 Å². The maximum atomic E-state index is 12.4. The van der Waals surface area contributed by atoms with Crippen molar-refractivity contribution < 1.29 is 19.0 Å². The molecule has 0 amide bonds. The zero-order valence-corrected chi connectivity index (χ0v) is 12.0. The second-order valence-corrected chi connectivity index (χ2v) is 6.19. The highest BCUT2D eigenvalue weighted by atomic mass is 16.6. The van der Waals surface area contributed by atoms with Gasteiger partial charge in [0.15, 0.2) is 5.60 Å². The monoisotopic (exact) mass is 284 g/mol. The van der Waals surface area contributed by atoms with Crippen molar-refractivity contribution in [3.63, 3.8) is 0 Å². The van der Waals surface area contributed by atoms with Crippen molar-refractivity contribution in [3.05, 3.63) is 35.9 Å². The first-order valence-corrected chi connectivity index (χ1v) is 7.44. The fourth-order valence-corrected chi connectivity index (χ4v) is 4.11. The van der Waals surface area contributed by atoms with Gasteiger partial charge in [0.25, 0.3) is 0 Å². The Bertz CT molecular complexity index is 577. The van der Waals surface area contributed by atoms with Crippen molar-refractivity contribution in [1.29, 1.82) is 0 Å². The van der Waals surface area contributed by atoms with Crippen molar-refractivity contribution in [2.45, 2.75) is 49.7 Å². The Kier molecular flexibility index (Phi) is 2.76. The number of esters is 1. The van der Waals surface area contributed by atoms with E-state index in [0.29, 0.717) is 6.42 Å². The lowest BCUT2D eigenvalue weighted by Crippen LogP contribution is -2.79. The summed E-state index contributed by atoms with van der Waals surface area (Å²) >= 11 is 0. The van der Waals surface area contributed by atoms with Crippen molar-refractivity contribution in [3.8, 4) is 0 Å². The molecule has 1 saturated carbocycles. The lowest BCUT2D eigenvalue weighted by atomic mass is 9.51. The highest BCUT2D eigenvalue weighted by Gasteiger charge is 2.82. The van der Waals surface area contributed by atoms with Crippen molar-refractivity contribution in [2.75, 3.05) is 0 Å². The summed E-state index contributed by atoms with van der Waals surface area (Å²) in [5, 5.41) is 0. The molecule has 1 aromatic rings. The average molecular weight is 284 g/mol. The van der Waals surface area contributed by atoms with Crippen LogP contribution in [0.1, 0.15) is 25.3 Å². The molecule has 2 heterocycles. The normalized spacial score (nSPS) is 42.6. The van der Waals surface area contributed by atoms with E-state index in [-0.39, 0.29) is 30.2 Å². The minimum absolute atomic E-state index is 0.0493. The zero-order chi connectivity index (χ0) is 14.7. The molecule has 21 heavy (non-hydrogen) atoms. The minimum Gasteiger partial charge on any atom is -0.459 e. The summed E-state index contributed by atoms with van der Waals surface area (Å²) < 4.78 is 17.1. The number of rotatable bonds is 4. The molecule has 5 heteroatoms. The van der Waals surface area contributed by atoms with Crippen LogP contribution in [0, 0.1) is 5.92 Å². The minimum atomic E-state index is -0.816. The summed E-state index contributed by atoms with van der Waals surface area (Å²) in [5.74, 6) is -0.234. The van der Waals surface area contributed by atoms with Gasteiger partial charge in [0.1, 0.15) is 14.5 Å². The second kappa shape index (κ2) is 4.34. The molecule has 0 aromatic heterocycles. The van der Waals surface area contributed by atoms with Gasteiger partial charge in [0, 0.05) is 12.4 Å². The van der Waals surface area contributed by atoms with Gasteiger partial charge in [-0.05, 0) is 12.0 Å². The van der Waals surface area contributed by atoms with E-state index in [2.05, 4.69) is 6.92 Å². The van der Waals surface area contributed by atoms with Gasteiger partial charge in [0.05, 0.1) is 17.6 Å². The van der Waals surface area contributed by atoms with E-state index in [4.69, 9.17) is 22.1 Å². The molecular formula is C16H17BO4. The Morgan fingerprint density at radius 3 is 2.86 bits per heavy atom. The smallest absolute Gasteiger partial charge is 0.339 e. The molecule has 2 saturated heterocycles. The van der Waals surface area contributed by atoms with Crippen LogP contribution in [0.3, 0.4) is 0 Å². The second-order valence-electron chi connectivity index (χ2n) is 6.19. The molecule has 4 nitrogen and oxygen atoms in total. The molecule has 0 spiro atoms. The Labute approximate surface area is 125 Å². The maximum Gasteiger partial charge on any atom is 0.339 e. The third-order valence-electron chi connectivity index (χ3n) is 5.16.